The summed E-state index contributed by atoms with van der Waals surface area (Å²) in [5.41, 5.74) is 1.32. The van der Waals surface area contributed by atoms with Crippen LogP contribution < -0.4 is 15.5 Å². The number of benzene rings is 1. The highest BCUT2D eigenvalue weighted by Crippen LogP contribution is 2.35. The van der Waals surface area contributed by atoms with Gasteiger partial charge in [-0.25, -0.2) is 17.9 Å². The molecule has 0 aromatic heterocycles. The van der Waals surface area contributed by atoms with E-state index in [0.29, 0.717) is 23.8 Å². The van der Waals surface area contributed by atoms with Crippen molar-refractivity contribution in [1.29, 1.82) is 0 Å². The molecule has 1 aromatic carbocycles. The van der Waals surface area contributed by atoms with E-state index in [2.05, 4.69) is 22.4 Å². The maximum atomic E-state index is 12.7. The normalized spacial score (nSPS) is 24.6. The van der Waals surface area contributed by atoms with E-state index in [0.717, 1.165) is 12.8 Å². The highest BCUT2D eigenvalue weighted by Gasteiger charge is 2.52. The summed E-state index contributed by atoms with van der Waals surface area (Å²) in [6.07, 6.45) is 2.45. The van der Waals surface area contributed by atoms with E-state index in [1.165, 1.54) is 18.2 Å². The molecule has 9 nitrogen and oxygen atoms in total. The molecule has 1 aliphatic heterocycles. The van der Waals surface area contributed by atoms with Crippen molar-refractivity contribution in [2.45, 2.75) is 49.5 Å². The van der Waals surface area contributed by atoms with Crippen LogP contribution in [0.3, 0.4) is 0 Å². The molecule has 3 N–H and O–H groups in total. The van der Waals surface area contributed by atoms with Gasteiger partial charge in [0.1, 0.15) is 5.54 Å². The smallest absolute Gasteiger partial charge is 0.322 e. The Morgan fingerprint density at radius 3 is 2.66 bits per heavy atom. The van der Waals surface area contributed by atoms with Crippen molar-refractivity contribution in [1.82, 2.24) is 20.5 Å². The van der Waals surface area contributed by atoms with Gasteiger partial charge in [-0.3, -0.25) is 15.0 Å². The summed E-state index contributed by atoms with van der Waals surface area (Å²) in [4.78, 5) is 37.0. The number of nitrogens with zero attached hydrogens (tertiary/aromatic N) is 1. The van der Waals surface area contributed by atoms with Crippen molar-refractivity contribution in [2.24, 2.45) is 5.92 Å². The molecule has 1 spiro atoms. The lowest BCUT2D eigenvalue weighted by Crippen LogP contribution is -2.51. The summed E-state index contributed by atoms with van der Waals surface area (Å²) in [7, 11) is -3.83. The largest absolute Gasteiger partial charge is 0.344 e. The standard InChI is InChI=1S/C18H23ClN4O5S/c1-12-5-8-18(9-6-12)16(25)23(17(26)21-18)22-15(24)7-10-20-29(27,28)14-4-2-3-13(19)11-14/h2-4,11-12,20H,5-10H2,1H3,(H,21,26)(H,22,24). The molecule has 11 heteroatoms. The minimum Gasteiger partial charge on any atom is -0.322 e. The number of urea groups is 1. The molecule has 2 fully saturated rings. The molecule has 4 amide bonds. The molecule has 158 valence electrons. The fourth-order valence-corrected chi connectivity index (χ4v) is 4.84. The fourth-order valence-electron chi connectivity index (χ4n) is 3.51. The minimum atomic E-state index is -3.83. The zero-order chi connectivity index (χ0) is 21.2. The maximum Gasteiger partial charge on any atom is 0.344 e. The van der Waals surface area contributed by atoms with Crippen molar-refractivity contribution in [3.05, 3.63) is 29.3 Å². The number of sulfonamides is 1. The summed E-state index contributed by atoms with van der Waals surface area (Å²) in [6, 6.07) is 5.06. The second-order valence-corrected chi connectivity index (χ2v) is 9.68. The quantitative estimate of drug-likeness (QED) is 0.576. The molecule has 0 atom stereocenters. The Morgan fingerprint density at radius 2 is 2.00 bits per heavy atom. The molecule has 29 heavy (non-hydrogen) atoms. The number of hydrazine groups is 1. The summed E-state index contributed by atoms with van der Waals surface area (Å²) >= 11 is 5.80. The van der Waals surface area contributed by atoms with Gasteiger partial charge >= 0.3 is 6.03 Å². The second kappa shape index (κ2) is 8.29. The molecule has 0 unspecified atom stereocenters. The number of nitrogens with one attached hydrogen (secondary N) is 3. The van der Waals surface area contributed by atoms with Crippen LogP contribution in [0.15, 0.2) is 29.2 Å². The lowest BCUT2D eigenvalue weighted by atomic mass is 9.77. The van der Waals surface area contributed by atoms with Crippen LogP contribution in [0.5, 0.6) is 0 Å². The summed E-state index contributed by atoms with van der Waals surface area (Å²) in [5.74, 6) is -0.632. The molecule has 1 saturated carbocycles. The van der Waals surface area contributed by atoms with Gasteiger partial charge in [-0.15, -0.1) is 0 Å². The number of imide groups is 1. The summed E-state index contributed by atoms with van der Waals surface area (Å²) < 4.78 is 26.7. The Morgan fingerprint density at radius 1 is 1.31 bits per heavy atom. The van der Waals surface area contributed by atoms with Gasteiger partial charge in [-0.1, -0.05) is 24.6 Å². The van der Waals surface area contributed by atoms with Crippen LogP contribution >= 0.6 is 11.6 Å². The van der Waals surface area contributed by atoms with Gasteiger partial charge in [0.15, 0.2) is 0 Å². The lowest BCUT2D eigenvalue weighted by Gasteiger charge is -2.33. The van der Waals surface area contributed by atoms with E-state index in [1.807, 2.05) is 0 Å². The van der Waals surface area contributed by atoms with Gasteiger partial charge in [0.2, 0.25) is 15.9 Å². The molecule has 1 aliphatic carbocycles. The second-order valence-electron chi connectivity index (χ2n) is 7.48. The third-order valence-electron chi connectivity index (χ3n) is 5.28. The Bertz CT molecular complexity index is 928. The summed E-state index contributed by atoms with van der Waals surface area (Å²) in [6.45, 7) is 1.89. The first-order chi connectivity index (χ1) is 13.6. The van der Waals surface area contributed by atoms with E-state index < -0.39 is 33.4 Å². The molecule has 3 rings (SSSR count). The van der Waals surface area contributed by atoms with Gasteiger partial charge < -0.3 is 5.32 Å². The predicted molar refractivity (Wildman–Crippen MR) is 105 cm³/mol. The summed E-state index contributed by atoms with van der Waals surface area (Å²) in [5, 5.41) is 3.67. The molecule has 1 heterocycles. The molecule has 1 saturated heterocycles. The van der Waals surface area contributed by atoms with Crippen molar-refractivity contribution in [3.63, 3.8) is 0 Å². The van der Waals surface area contributed by atoms with E-state index in [1.54, 1.807) is 6.07 Å². The number of hydrogen-bond acceptors (Lipinski definition) is 5. The van der Waals surface area contributed by atoms with E-state index >= 15 is 0 Å². The molecule has 0 radical (unpaired) electrons. The van der Waals surface area contributed by atoms with Crippen LogP contribution in [-0.2, 0) is 19.6 Å². The number of halogens is 1. The first-order valence-corrected chi connectivity index (χ1v) is 11.2. The Kier molecular flexibility index (Phi) is 6.16. The van der Waals surface area contributed by atoms with E-state index in [9.17, 15) is 22.8 Å². The number of carbonyl (C=O) groups is 3. The van der Waals surface area contributed by atoms with E-state index in [4.69, 9.17) is 11.6 Å². The molecule has 2 aliphatic rings. The first kappa shape index (κ1) is 21.5. The third kappa shape index (κ3) is 4.71. The zero-order valence-electron chi connectivity index (χ0n) is 15.9. The molecule has 0 bridgehead atoms. The van der Waals surface area contributed by atoms with Crippen molar-refractivity contribution in [2.75, 3.05) is 6.54 Å². The number of hydrogen-bond donors (Lipinski definition) is 3. The van der Waals surface area contributed by atoms with Crippen LogP contribution in [0.1, 0.15) is 39.0 Å². The molecular formula is C18H23ClN4O5S. The Balaban J connectivity index is 1.53. The average Bonchev–Trinajstić information content (AvgIpc) is 2.88. The van der Waals surface area contributed by atoms with E-state index in [-0.39, 0.29) is 22.9 Å². The van der Waals surface area contributed by atoms with Crippen molar-refractivity contribution >= 4 is 39.5 Å². The van der Waals surface area contributed by atoms with Crippen LogP contribution in [0.4, 0.5) is 4.79 Å². The first-order valence-electron chi connectivity index (χ1n) is 9.34. The maximum absolute atomic E-state index is 12.7. The van der Waals surface area contributed by atoms with Crippen LogP contribution in [-0.4, -0.2) is 43.4 Å². The zero-order valence-corrected chi connectivity index (χ0v) is 17.5. The van der Waals surface area contributed by atoms with Gasteiger partial charge in [0.05, 0.1) is 4.90 Å². The van der Waals surface area contributed by atoms with Crippen molar-refractivity contribution < 1.29 is 22.8 Å². The highest BCUT2D eigenvalue weighted by molar-refractivity contribution is 7.89. The van der Waals surface area contributed by atoms with Crippen LogP contribution in [0, 0.1) is 5.92 Å². The lowest BCUT2D eigenvalue weighted by molar-refractivity contribution is -0.140. The molecule has 1 aromatic rings. The van der Waals surface area contributed by atoms with Crippen molar-refractivity contribution in [3.8, 4) is 0 Å². The van der Waals surface area contributed by atoms with Gasteiger partial charge in [0.25, 0.3) is 5.91 Å². The topological polar surface area (TPSA) is 125 Å². The van der Waals surface area contributed by atoms with Crippen LogP contribution in [0.25, 0.3) is 0 Å². The Hall–Kier alpha value is -2.17. The minimum absolute atomic E-state index is 0.0204. The Labute approximate surface area is 174 Å². The monoisotopic (exact) mass is 442 g/mol. The van der Waals surface area contributed by atoms with Gasteiger partial charge in [-0.05, 0) is 49.8 Å². The predicted octanol–water partition coefficient (Wildman–Crippen LogP) is 1.54. The number of rotatable bonds is 6. The average molecular weight is 443 g/mol. The SMILES string of the molecule is CC1CCC2(CC1)NC(=O)N(NC(=O)CCNS(=O)(=O)c1cccc(Cl)c1)C2=O. The number of carbonyl (C=O) groups excluding carboxylic acids is 3. The van der Waals surface area contributed by atoms with Crippen LogP contribution in [0.2, 0.25) is 5.02 Å². The van der Waals surface area contributed by atoms with Gasteiger partial charge in [0, 0.05) is 18.0 Å². The molecular weight excluding hydrogens is 420 g/mol. The fraction of sp³-hybridized carbons (Fsp3) is 0.500. The third-order valence-corrected chi connectivity index (χ3v) is 6.97. The number of amides is 4. The highest BCUT2D eigenvalue weighted by atomic mass is 35.5. The van der Waals surface area contributed by atoms with Gasteiger partial charge in [-0.2, -0.15) is 5.01 Å².